The zero-order valence-corrected chi connectivity index (χ0v) is 19.2. The third kappa shape index (κ3) is 5.54. The van der Waals surface area contributed by atoms with Gasteiger partial charge in [0.1, 0.15) is 18.0 Å². The molecule has 3 rings (SSSR count). The van der Waals surface area contributed by atoms with Gasteiger partial charge in [-0.1, -0.05) is 39.8 Å². The second-order valence-corrected chi connectivity index (χ2v) is 8.79. The fourth-order valence-electron chi connectivity index (χ4n) is 3.96. The summed E-state index contributed by atoms with van der Waals surface area (Å²) in [6.07, 6.45) is 1.16. The molecule has 2 N–H and O–H groups in total. The lowest BCUT2D eigenvalue weighted by molar-refractivity contribution is -0.140. The number of aliphatic hydroxyl groups is 1. The Morgan fingerprint density at radius 3 is 2.30 bits per heavy atom. The van der Waals surface area contributed by atoms with E-state index in [4.69, 9.17) is 10.2 Å². The zero-order chi connectivity index (χ0) is 24.3. The van der Waals surface area contributed by atoms with Crippen LogP contribution in [0.4, 0.5) is 4.39 Å². The number of carboxylic acids is 1. The monoisotopic (exact) mass is 452 g/mol. The van der Waals surface area contributed by atoms with E-state index in [0.29, 0.717) is 5.69 Å². The highest BCUT2D eigenvalue weighted by molar-refractivity contribution is 5.95. The van der Waals surface area contributed by atoms with Gasteiger partial charge >= 0.3 is 5.97 Å². The van der Waals surface area contributed by atoms with Gasteiger partial charge in [-0.15, -0.1) is 0 Å². The van der Waals surface area contributed by atoms with Crippen LogP contribution < -0.4 is 0 Å². The molecule has 1 aromatic carbocycles. The third-order valence-corrected chi connectivity index (χ3v) is 5.46. The quantitative estimate of drug-likeness (QED) is 0.436. The SMILES string of the molecule is CC(C)c1c(C=CC(O)CC(=O)CC(=O)O)c(-c2ccc(F)cc2)nn2c(C(C)C)ccc12. The summed E-state index contributed by atoms with van der Waals surface area (Å²) in [6.45, 7) is 8.31. The van der Waals surface area contributed by atoms with E-state index in [9.17, 15) is 19.1 Å². The van der Waals surface area contributed by atoms with Crippen molar-refractivity contribution < 1.29 is 24.2 Å². The molecule has 2 heterocycles. The molecule has 2 aromatic heterocycles. The van der Waals surface area contributed by atoms with Crippen LogP contribution in [-0.4, -0.2) is 37.7 Å². The molecule has 174 valence electrons. The number of aliphatic carboxylic acids is 1. The van der Waals surface area contributed by atoms with Gasteiger partial charge in [-0.05, 0) is 53.8 Å². The maximum absolute atomic E-state index is 13.6. The first-order valence-corrected chi connectivity index (χ1v) is 11.0. The van der Waals surface area contributed by atoms with Crippen molar-refractivity contribution in [3.05, 3.63) is 65.1 Å². The molecule has 0 amide bonds. The van der Waals surface area contributed by atoms with Gasteiger partial charge in [-0.3, -0.25) is 9.59 Å². The molecule has 7 heteroatoms. The van der Waals surface area contributed by atoms with E-state index < -0.39 is 24.3 Å². The summed E-state index contributed by atoms with van der Waals surface area (Å²) in [4.78, 5) is 22.5. The first-order chi connectivity index (χ1) is 15.6. The molecule has 0 radical (unpaired) electrons. The molecule has 0 fully saturated rings. The van der Waals surface area contributed by atoms with Crippen LogP contribution in [0.1, 0.15) is 69.2 Å². The largest absolute Gasteiger partial charge is 0.481 e. The average Bonchev–Trinajstić information content (AvgIpc) is 3.14. The number of nitrogens with zero attached hydrogens (tertiary/aromatic N) is 2. The summed E-state index contributed by atoms with van der Waals surface area (Å²) in [5, 5.41) is 24.0. The number of carbonyl (C=O) groups is 2. The number of ketones is 1. The summed E-state index contributed by atoms with van der Waals surface area (Å²) in [7, 11) is 0. The van der Waals surface area contributed by atoms with E-state index in [1.54, 1.807) is 18.2 Å². The number of Topliss-reactive ketones (excluding diaryl/α,β-unsaturated/α-hetero) is 1. The highest BCUT2D eigenvalue weighted by Gasteiger charge is 2.21. The van der Waals surface area contributed by atoms with Crippen molar-refractivity contribution in [1.29, 1.82) is 0 Å². The Morgan fingerprint density at radius 2 is 1.73 bits per heavy atom. The van der Waals surface area contributed by atoms with Crippen LogP contribution >= 0.6 is 0 Å². The number of rotatable bonds is 9. The molecular weight excluding hydrogens is 423 g/mol. The Kier molecular flexibility index (Phi) is 7.43. The number of fused-ring (bicyclic) bond motifs is 1. The summed E-state index contributed by atoms with van der Waals surface area (Å²) in [6, 6.07) is 10.1. The fourth-order valence-corrected chi connectivity index (χ4v) is 3.96. The number of aromatic nitrogens is 2. The molecule has 0 spiro atoms. The van der Waals surface area contributed by atoms with Crippen molar-refractivity contribution in [2.24, 2.45) is 0 Å². The summed E-state index contributed by atoms with van der Waals surface area (Å²) >= 11 is 0. The van der Waals surface area contributed by atoms with Gasteiger partial charge in [0.2, 0.25) is 0 Å². The number of aliphatic hydroxyl groups excluding tert-OH is 1. The Balaban J connectivity index is 2.17. The van der Waals surface area contributed by atoms with Crippen LogP contribution in [0.5, 0.6) is 0 Å². The summed E-state index contributed by atoms with van der Waals surface area (Å²) in [5.74, 6) is -1.78. The molecule has 0 saturated carbocycles. The Bertz CT molecular complexity index is 1190. The van der Waals surface area contributed by atoms with E-state index in [1.165, 1.54) is 18.2 Å². The third-order valence-electron chi connectivity index (χ3n) is 5.46. The zero-order valence-electron chi connectivity index (χ0n) is 19.2. The highest BCUT2D eigenvalue weighted by Crippen LogP contribution is 2.35. The Hall–Kier alpha value is -3.32. The molecule has 0 aliphatic rings. The second-order valence-electron chi connectivity index (χ2n) is 8.79. The normalized spacial score (nSPS) is 12.8. The lowest BCUT2D eigenvalue weighted by Gasteiger charge is -2.18. The van der Waals surface area contributed by atoms with Crippen LogP contribution in [0.2, 0.25) is 0 Å². The van der Waals surface area contributed by atoms with Crippen LogP contribution in [0.3, 0.4) is 0 Å². The van der Waals surface area contributed by atoms with Crippen LogP contribution in [0.15, 0.2) is 42.5 Å². The van der Waals surface area contributed by atoms with Gasteiger partial charge in [0.05, 0.1) is 17.3 Å². The van der Waals surface area contributed by atoms with Gasteiger partial charge in [-0.2, -0.15) is 5.10 Å². The number of benzene rings is 1. The van der Waals surface area contributed by atoms with Crippen LogP contribution in [-0.2, 0) is 9.59 Å². The van der Waals surface area contributed by atoms with Crippen LogP contribution in [0.25, 0.3) is 22.9 Å². The number of hydrogen-bond donors (Lipinski definition) is 2. The number of carboxylic acid groups (broad SMARTS) is 1. The van der Waals surface area contributed by atoms with Crippen molar-refractivity contribution in [2.45, 2.75) is 58.5 Å². The molecule has 1 unspecified atom stereocenters. The van der Waals surface area contributed by atoms with Crippen molar-refractivity contribution in [2.75, 3.05) is 0 Å². The lowest BCUT2D eigenvalue weighted by Crippen LogP contribution is -2.14. The number of hydrogen-bond acceptors (Lipinski definition) is 4. The van der Waals surface area contributed by atoms with E-state index in [1.807, 2.05) is 16.6 Å². The van der Waals surface area contributed by atoms with E-state index in [2.05, 4.69) is 27.7 Å². The molecule has 0 aliphatic carbocycles. The number of carbonyl (C=O) groups excluding carboxylic acids is 1. The van der Waals surface area contributed by atoms with Gasteiger partial charge in [0.25, 0.3) is 0 Å². The highest BCUT2D eigenvalue weighted by atomic mass is 19.1. The smallest absolute Gasteiger partial charge is 0.310 e. The second kappa shape index (κ2) is 10.1. The summed E-state index contributed by atoms with van der Waals surface area (Å²) in [5.41, 5.74) is 5.11. The molecule has 0 aliphatic heterocycles. The van der Waals surface area contributed by atoms with Gasteiger partial charge in [0.15, 0.2) is 0 Å². The van der Waals surface area contributed by atoms with Crippen molar-refractivity contribution in [3.63, 3.8) is 0 Å². The minimum Gasteiger partial charge on any atom is -0.481 e. The maximum Gasteiger partial charge on any atom is 0.310 e. The topological polar surface area (TPSA) is 91.9 Å². The Morgan fingerprint density at radius 1 is 1.06 bits per heavy atom. The molecule has 0 saturated heterocycles. The van der Waals surface area contributed by atoms with Crippen molar-refractivity contribution >= 4 is 23.3 Å². The molecular formula is C26H29FN2O4. The average molecular weight is 453 g/mol. The minimum absolute atomic E-state index is 0.107. The molecule has 6 nitrogen and oxygen atoms in total. The van der Waals surface area contributed by atoms with Crippen molar-refractivity contribution in [1.82, 2.24) is 9.61 Å². The van der Waals surface area contributed by atoms with E-state index in [0.717, 1.165) is 27.9 Å². The first-order valence-electron chi connectivity index (χ1n) is 11.0. The van der Waals surface area contributed by atoms with Crippen molar-refractivity contribution in [3.8, 4) is 11.3 Å². The van der Waals surface area contributed by atoms with Crippen LogP contribution in [0, 0.1) is 5.82 Å². The fraction of sp³-hybridized carbons (Fsp3) is 0.346. The standard InChI is InChI=1S/C26H29FN2O4/c1-15(2)22-11-12-23-25(16(3)4)21(10-9-19(30)13-20(31)14-24(32)33)26(28-29(22)23)17-5-7-18(27)8-6-17/h5-12,15-16,19,30H,13-14H2,1-4H3,(H,32,33). The molecule has 3 aromatic rings. The van der Waals surface area contributed by atoms with E-state index >= 15 is 0 Å². The minimum atomic E-state index is -1.22. The maximum atomic E-state index is 13.6. The van der Waals surface area contributed by atoms with E-state index in [-0.39, 0.29) is 24.1 Å². The molecule has 33 heavy (non-hydrogen) atoms. The predicted octanol–water partition coefficient (Wildman–Crippen LogP) is 5.20. The predicted molar refractivity (Wildman–Crippen MR) is 126 cm³/mol. The Labute approximate surface area is 192 Å². The first kappa shape index (κ1) is 24.3. The molecule has 1 atom stereocenters. The van der Waals surface area contributed by atoms with Gasteiger partial charge in [-0.25, -0.2) is 8.91 Å². The summed E-state index contributed by atoms with van der Waals surface area (Å²) < 4.78 is 15.5. The lowest BCUT2D eigenvalue weighted by atomic mass is 9.93. The molecule has 0 bridgehead atoms. The van der Waals surface area contributed by atoms with Gasteiger partial charge < -0.3 is 10.2 Å². The number of halogens is 1. The van der Waals surface area contributed by atoms with Gasteiger partial charge in [0, 0.05) is 23.2 Å².